The predicted octanol–water partition coefficient (Wildman–Crippen LogP) is 1.41. The summed E-state index contributed by atoms with van der Waals surface area (Å²) in [6.45, 7) is 0.689. The molecule has 0 atom stereocenters. The number of likely N-dealkylation sites (tertiary alicyclic amines) is 1. The summed E-state index contributed by atoms with van der Waals surface area (Å²) in [5, 5.41) is 5.48. The molecule has 1 fully saturated rings. The summed E-state index contributed by atoms with van der Waals surface area (Å²) in [5.74, 6) is -0.871. The van der Waals surface area contributed by atoms with Crippen LogP contribution in [0.15, 0.2) is 33.9 Å². The Balaban J connectivity index is 1.57. The van der Waals surface area contributed by atoms with Crippen LogP contribution in [0.5, 0.6) is 5.75 Å². The topological polar surface area (TPSA) is 108 Å². The van der Waals surface area contributed by atoms with Gasteiger partial charge in [-0.2, -0.15) is 18.3 Å². The number of hydrogen-bond acceptors (Lipinski definition) is 5. The fourth-order valence-corrected chi connectivity index (χ4v) is 2.98. The van der Waals surface area contributed by atoms with Gasteiger partial charge in [-0.05, 0) is 30.9 Å². The van der Waals surface area contributed by atoms with Gasteiger partial charge in [0, 0.05) is 13.1 Å². The molecule has 1 aromatic heterocycles. The molecule has 1 amide bonds. The van der Waals surface area contributed by atoms with Gasteiger partial charge in [0.05, 0.1) is 12.2 Å². The van der Waals surface area contributed by atoms with Gasteiger partial charge >= 0.3 is 11.9 Å². The third-order valence-corrected chi connectivity index (χ3v) is 4.48. The molecule has 0 bridgehead atoms. The average Bonchev–Trinajstić information content (AvgIpc) is 2.66. The number of carbonyl (C=O) groups is 1. The molecule has 11 heteroatoms. The Morgan fingerprint density at radius 1 is 1.21 bits per heavy atom. The van der Waals surface area contributed by atoms with Crippen LogP contribution < -0.4 is 16.0 Å². The Morgan fingerprint density at radius 3 is 2.54 bits per heavy atom. The van der Waals surface area contributed by atoms with Crippen molar-refractivity contribution < 1.29 is 22.7 Å². The van der Waals surface area contributed by atoms with Crippen LogP contribution >= 0.6 is 0 Å². The Morgan fingerprint density at radius 2 is 1.89 bits per heavy atom. The first kappa shape index (κ1) is 19.6. The van der Waals surface area contributed by atoms with Crippen LogP contribution in [0.2, 0.25) is 0 Å². The zero-order valence-corrected chi connectivity index (χ0v) is 14.6. The van der Waals surface area contributed by atoms with Crippen LogP contribution in [-0.4, -0.2) is 45.7 Å². The molecule has 8 nitrogen and oxygen atoms in total. The largest absolute Gasteiger partial charge is 0.493 e. The van der Waals surface area contributed by atoms with Gasteiger partial charge < -0.3 is 9.64 Å². The standard InChI is InChI=1S/C17H17F3N4O4/c18-17(19,20)11-3-1-2-4-12(11)28-9-10-5-7-24(8-6-10)15(26)13-14(25)21-16(27)23-22-13/h1-4,10H,5-9H2,(H2,21,23,25,27). The normalized spacial score (nSPS) is 15.5. The number of nitrogens with zero attached hydrogens (tertiary/aromatic N) is 2. The number of hydrogen-bond donors (Lipinski definition) is 2. The van der Waals surface area contributed by atoms with Gasteiger partial charge in [0.25, 0.3) is 11.5 Å². The number of alkyl halides is 3. The second-order valence-electron chi connectivity index (χ2n) is 6.40. The van der Waals surface area contributed by atoms with Gasteiger partial charge in [0.1, 0.15) is 5.75 Å². The van der Waals surface area contributed by atoms with Crippen LogP contribution in [0.1, 0.15) is 28.9 Å². The molecule has 1 aromatic carbocycles. The minimum absolute atomic E-state index is 0.0350. The van der Waals surface area contributed by atoms with E-state index in [0.717, 1.165) is 6.07 Å². The summed E-state index contributed by atoms with van der Waals surface area (Å²) < 4.78 is 44.4. The Labute approximate surface area is 156 Å². The smallest absolute Gasteiger partial charge is 0.419 e. The van der Waals surface area contributed by atoms with Crippen molar-refractivity contribution in [2.75, 3.05) is 19.7 Å². The average molecular weight is 398 g/mol. The second-order valence-corrected chi connectivity index (χ2v) is 6.40. The van der Waals surface area contributed by atoms with E-state index in [1.807, 2.05) is 10.1 Å². The van der Waals surface area contributed by atoms with Crippen LogP contribution in [0.25, 0.3) is 0 Å². The lowest BCUT2D eigenvalue weighted by atomic mass is 9.97. The highest BCUT2D eigenvalue weighted by atomic mass is 19.4. The molecule has 1 saturated heterocycles. The van der Waals surface area contributed by atoms with Gasteiger partial charge in [-0.15, -0.1) is 0 Å². The zero-order chi connectivity index (χ0) is 20.3. The summed E-state index contributed by atoms with van der Waals surface area (Å²) in [5.41, 5.74) is -2.92. The van der Waals surface area contributed by atoms with E-state index in [1.165, 1.54) is 23.1 Å². The van der Waals surface area contributed by atoms with Crippen molar-refractivity contribution in [3.8, 4) is 5.75 Å². The number of benzene rings is 1. The number of amides is 1. The number of aromatic amines is 2. The number of rotatable bonds is 4. The van der Waals surface area contributed by atoms with Crippen molar-refractivity contribution in [3.63, 3.8) is 0 Å². The fraction of sp³-hybridized carbons (Fsp3) is 0.412. The number of carbonyl (C=O) groups excluding carboxylic acids is 1. The van der Waals surface area contributed by atoms with E-state index in [0.29, 0.717) is 25.9 Å². The Hall–Kier alpha value is -3.11. The first-order valence-corrected chi connectivity index (χ1v) is 8.53. The second kappa shape index (κ2) is 7.87. The van der Waals surface area contributed by atoms with Crippen molar-refractivity contribution in [1.29, 1.82) is 0 Å². The molecule has 1 aliphatic rings. The summed E-state index contributed by atoms with van der Waals surface area (Å²) in [4.78, 5) is 38.3. The summed E-state index contributed by atoms with van der Waals surface area (Å²) in [7, 11) is 0. The number of piperidine rings is 1. The van der Waals surface area contributed by atoms with Crippen LogP contribution in [-0.2, 0) is 6.18 Å². The minimum Gasteiger partial charge on any atom is -0.493 e. The lowest BCUT2D eigenvalue weighted by Gasteiger charge is -2.31. The van der Waals surface area contributed by atoms with E-state index in [4.69, 9.17) is 4.74 Å². The number of ether oxygens (including phenoxy) is 1. The van der Waals surface area contributed by atoms with E-state index in [-0.39, 0.29) is 18.3 Å². The van der Waals surface area contributed by atoms with Crippen LogP contribution in [0, 0.1) is 5.92 Å². The first-order chi connectivity index (χ1) is 13.3. The van der Waals surface area contributed by atoms with Crippen molar-refractivity contribution >= 4 is 5.91 Å². The summed E-state index contributed by atoms with van der Waals surface area (Å²) >= 11 is 0. The molecule has 1 aliphatic heterocycles. The SMILES string of the molecule is O=C(c1n[nH]c(=O)[nH]c1=O)N1CCC(COc2ccccc2C(F)(F)F)CC1. The highest BCUT2D eigenvalue weighted by Crippen LogP contribution is 2.36. The van der Waals surface area contributed by atoms with Crippen LogP contribution in [0.4, 0.5) is 13.2 Å². The van der Waals surface area contributed by atoms with E-state index < -0.39 is 34.6 Å². The third kappa shape index (κ3) is 4.41. The molecule has 0 aliphatic carbocycles. The molecule has 2 heterocycles. The quantitative estimate of drug-likeness (QED) is 0.810. The molecule has 3 rings (SSSR count). The molecular weight excluding hydrogens is 381 g/mol. The Bertz CT molecular complexity index is 962. The molecule has 2 N–H and O–H groups in total. The lowest BCUT2D eigenvalue weighted by Crippen LogP contribution is -2.43. The first-order valence-electron chi connectivity index (χ1n) is 8.53. The highest BCUT2D eigenvalue weighted by molar-refractivity contribution is 5.91. The maximum absolute atomic E-state index is 13.0. The minimum atomic E-state index is -4.50. The maximum Gasteiger partial charge on any atom is 0.419 e. The molecule has 2 aromatic rings. The number of H-pyrrole nitrogens is 2. The molecule has 0 saturated carbocycles. The van der Waals surface area contributed by atoms with Gasteiger partial charge in [-0.1, -0.05) is 12.1 Å². The van der Waals surface area contributed by atoms with Crippen molar-refractivity contribution in [2.24, 2.45) is 5.92 Å². The van der Waals surface area contributed by atoms with Crippen molar-refractivity contribution in [1.82, 2.24) is 20.1 Å². The van der Waals surface area contributed by atoms with Gasteiger partial charge in [-0.25, -0.2) is 9.89 Å². The Kier molecular flexibility index (Phi) is 5.52. The molecular formula is C17H17F3N4O4. The van der Waals surface area contributed by atoms with Crippen molar-refractivity contribution in [3.05, 3.63) is 56.4 Å². The predicted molar refractivity (Wildman–Crippen MR) is 91.0 cm³/mol. The van der Waals surface area contributed by atoms with Crippen LogP contribution in [0.3, 0.4) is 0 Å². The van der Waals surface area contributed by atoms with Gasteiger partial charge in [-0.3, -0.25) is 14.6 Å². The van der Waals surface area contributed by atoms with E-state index in [2.05, 4.69) is 5.10 Å². The fourth-order valence-electron chi connectivity index (χ4n) is 2.98. The zero-order valence-electron chi connectivity index (χ0n) is 14.6. The molecule has 150 valence electrons. The maximum atomic E-state index is 13.0. The van der Waals surface area contributed by atoms with E-state index in [9.17, 15) is 27.6 Å². The van der Waals surface area contributed by atoms with Gasteiger partial charge in [0.15, 0.2) is 0 Å². The molecule has 0 spiro atoms. The molecule has 0 radical (unpaired) electrons. The highest BCUT2D eigenvalue weighted by Gasteiger charge is 2.34. The van der Waals surface area contributed by atoms with E-state index in [1.54, 1.807) is 0 Å². The number of aromatic nitrogens is 3. The number of para-hydroxylation sites is 1. The molecule has 28 heavy (non-hydrogen) atoms. The third-order valence-electron chi connectivity index (χ3n) is 4.48. The summed E-state index contributed by atoms with van der Waals surface area (Å²) in [6.07, 6.45) is -3.49. The monoisotopic (exact) mass is 398 g/mol. The molecule has 0 unspecified atom stereocenters. The lowest BCUT2D eigenvalue weighted by molar-refractivity contribution is -0.139. The van der Waals surface area contributed by atoms with Gasteiger partial charge in [0.2, 0.25) is 5.69 Å². The number of nitrogens with one attached hydrogen (secondary N) is 2. The summed E-state index contributed by atoms with van der Waals surface area (Å²) in [6, 6.07) is 5.01. The van der Waals surface area contributed by atoms with Crippen molar-refractivity contribution in [2.45, 2.75) is 19.0 Å². The number of halogens is 3. The van der Waals surface area contributed by atoms with E-state index >= 15 is 0 Å².